The van der Waals surface area contributed by atoms with Gasteiger partial charge in [0.2, 0.25) is 0 Å². The zero-order chi connectivity index (χ0) is 15.4. The normalized spacial score (nSPS) is 12.0. The summed E-state index contributed by atoms with van der Waals surface area (Å²) in [7, 11) is 0. The van der Waals surface area contributed by atoms with Crippen LogP contribution in [0.2, 0.25) is 0 Å². The maximum Gasteiger partial charge on any atom is 0.254 e. The molecule has 0 aliphatic carbocycles. The van der Waals surface area contributed by atoms with Gasteiger partial charge in [0, 0.05) is 12.2 Å². The first kappa shape index (κ1) is 15.0. The van der Waals surface area contributed by atoms with Gasteiger partial charge in [-0.15, -0.1) is 0 Å². The van der Waals surface area contributed by atoms with Crippen LogP contribution < -0.4 is 11.1 Å². The number of aliphatic hydroxyl groups is 1. The molecule has 4 N–H and O–H groups in total. The van der Waals surface area contributed by atoms with E-state index in [0.717, 1.165) is 5.56 Å². The number of aliphatic hydroxyl groups excluding tert-OH is 1. The van der Waals surface area contributed by atoms with E-state index in [2.05, 4.69) is 5.32 Å². The van der Waals surface area contributed by atoms with Crippen LogP contribution in [0.1, 0.15) is 27.6 Å². The van der Waals surface area contributed by atoms with Gasteiger partial charge in [0.05, 0.1) is 11.7 Å². The molecule has 2 rings (SSSR count). The Hall–Kier alpha value is -2.40. The summed E-state index contributed by atoms with van der Waals surface area (Å²) in [4.78, 5) is 11.9. The van der Waals surface area contributed by atoms with Crippen molar-refractivity contribution in [3.8, 4) is 0 Å². The first-order valence-corrected chi connectivity index (χ1v) is 6.55. The Bertz CT molecular complexity index is 641. The Morgan fingerprint density at radius 2 is 1.95 bits per heavy atom. The Labute approximate surface area is 122 Å². The third kappa shape index (κ3) is 3.79. The molecule has 2 aromatic carbocycles. The minimum atomic E-state index is -0.873. The average Bonchev–Trinajstić information content (AvgIpc) is 2.47. The lowest BCUT2D eigenvalue weighted by Gasteiger charge is -2.13. The van der Waals surface area contributed by atoms with E-state index in [1.54, 1.807) is 37.3 Å². The van der Waals surface area contributed by atoms with E-state index in [4.69, 9.17) is 5.73 Å². The van der Waals surface area contributed by atoms with Crippen molar-refractivity contribution in [2.24, 2.45) is 0 Å². The highest BCUT2D eigenvalue weighted by Crippen LogP contribution is 2.15. The summed E-state index contributed by atoms with van der Waals surface area (Å²) in [5.74, 6) is -1.13. The van der Waals surface area contributed by atoms with Crippen LogP contribution in [0.15, 0.2) is 42.5 Å². The Morgan fingerprint density at radius 1 is 1.29 bits per heavy atom. The average molecular weight is 288 g/mol. The third-order valence-electron chi connectivity index (χ3n) is 3.14. The summed E-state index contributed by atoms with van der Waals surface area (Å²) in [6.07, 6.45) is -0.873. The number of halogens is 1. The minimum absolute atomic E-state index is 0.00384. The van der Waals surface area contributed by atoms with Gasteiger partial charge in [-0.05, 0) is 36.8 Å². The number of anilines is 1. The molecule has 0 saturated heterocycles. The summed E-state index contributed by atoms with van der Waals surface area (Å²) in [6, 6.07) is 11.0. The van der Waals surface area contributed by atoms with E-state index >= 15 is 0 Å². The number of carbonyl (C=O) groups is 1. The molecule has 2 aromatic rings. The molecule has 0 heterocycles. The number of benzene rings is 2. The van der Waals surface area contributed by atoms with Crippen LogP contribution in [0, 0.1) is 12.7 Å². The zero-order valence-electron chi connectivity index (χ0n) is 11.6. The van der Waals surface area contributed by atoms with E-state index in [9.17, 15) is 14.3 Å². The number of hydrogen-bond acceptors (Lipinski definition) is 3. The second kappa shape index (κ2) is 6.37. The maximum atomic E-state index is 13.6. The van der Waals surface area contributed by atoms with Gasteiger partial charge in [0.15, 0.2) is 0 Å². The minimum Gasteiger partial charge on any atom is -0.399 e. The third-order valence-corrected chi connectivity index (χ3v) is 3.14. The summed E-state index contributed by atoms with van der Waals surface area (Å²) >= 11 is 0. The second-order valence-electron chi connectivity index (χ2n) is 4.88. The number of nitrogen functional groups attached to an aromatic ring is 1. The van der Waals surface area contributed by atoms with Crippen LogP contribution in [-0.2, 0) is 0 Å². The molecule has 110 valence electrons. The molecular weight excluding hydrogens is 271 g/mol. The molecular formula is C16H17FN2O2. The van der Waals surface area contributed by atoms with Crippen molar-refractivity contribution >= 4 is 11.6 Å². The fraction of sp³-hybridized carbons (Fsp3) is 0.188. The molecule has 0 saturated carbocycles. The molecule has 0 spiro atoms. The molecule has 0 aromatic heterocycles. The number of carbonyl (C=O) groups excluding carboxylic acids is 1. The standard InChI is InChI=1S/C16H17FN2O2/c1-10-2-7-14(17)13(8-10)16(21)19-9-15(20)11-3-5-12(18)6-4-11/h2-8,15,20H,9,18H2,1H3,(H,19,21). The van der Waals surface area contributed by atoms with Gasteiger partial charge in [-0.3, -0.25) is 4.79 Å². The van der Waals surface area contributed by atoms with Gasteiger partial charge in [0.25, 0.3) is 5.91 Å². The van der Waals surface area contributed by atoms with Gasteiger partial charge >= 0.3 is 0 Å². The van der Waals surface area contributed by atoms with Crippen LogP contribution in [0.4, 0.5) is 10.1 Å². The highest BCUT2D eigenvalue weighted by atomic mass is 19.1. The molecule has 0 bridgehead atoms. The summed E-state index contributed by atoms with van der Waals surface area (Å²) in [5.41, 5.74) is 7.55. The molecule has 0 aliphatic heterocycles. The maximum absolute atomic E-state index is 13.6. The first-order valence-electron chi connectivity index (χ1n) is 6.55. The van der Waals surface area contributed by atoms with Crippen molar-refractivity contribution in [3.63, 3.8) is 0 Å². The smallest absolute Gasteiger partial charge is 0.254 e. The van der Waals surface area contributed by atoms with Crippen molar-refractivity contribution in [2.45, 2.75) is 13.0 Å². The Balaban J connectivity index is 2.00. The van der Waals surface area contributed by atoms with Gasteiger partial charge < -0.3 is 16.2 Å². The van der Waals surface area contributed by atoms with Crippen molar-refractivity contribution in [3.05, 3.63) is 65.0 Å². The van der Waals surface area contributed by atoms with E-state index in [0.29, 0.717) is 11.3 Å². The fourth-order valence-corrected chi connectivity index (χ4v) is 1.93. The van der Waals surface area contributed by atoms with Crippen LogP contribution in [-0.4, -0.2) is 17.6 Å². The summed E-state index contributed by atoms with van der Waals surface area (Å²) < 4.78 is 13.6. The van der Waals surface area contributed by atoms with Crippen molar-refractivity contribution < 1.29 is 14.3 Å². The lowest BCUT2D eigenvalue weighted by Crippen LogP contribution is -2.29. The number of nitrogens with two attached hydrogens (primary N) is 1. The second-order valence-corrected chi connectivity index (χ2v) is 4.88. The zero-order valence-corrected chi connectivity index (χ0v) is 11.6. The fourth-order valence-electron chi connectivity index (χ4n) is 1.93. The first-order chi connectivity index (χ1) is 9.97. The molecule has 1 atom stereocenters. The quantitative estimate of drug-likeness (QED) is 0.755. The predicted octanol–water partition coefficient (Wildman–Crippen LogP) is 2.18. The monoisotopic (exact) mass is 288 g/mol. The topological polar surface area (TPSA) is 75.3 Å². The number of amides is 1. The molecule has 5 heteroatoms. The number of hydrogen-bond donors (Lipinski definition) is 3. The predicted molar refractivity (Wildman–Crippen MR) is 79.3 cm³/mol. The van der Waals surface area contributed by atoms with Crippen LogP contribution in [0.25, 0.3) is 0 Å². The molecule has 1 unspecified atom stereocenters. The SMILES string of the molecule is Cc1ccc(F)c(C(=O)NCC(O)c2ccc(N)cc2)c1. The van der Waals surface area contributed by atoms with Crippen molar-refractivity contribution in [1.29, 1.82) is 0 Å². The van der Waals surface area contributed by atoms with Gasteiger partial charge in [-0.25, -0.2) is 4.39 Å². The molecule has 21 heavy (non-hydrogen) atoms. The van der Waals surface area contributed by atoms with E-state index in [1.807, 2.05) is 0 Å². The number of nitrogens with one attached hydrogen (secondary N) is 1. The molecule has 1 amide bonds. The Kier molecular flexibility index (Phi) is 4.55. The van der Waals surface area contributed by atoms with Crippen LogP contribution in [0.5, 0.6) is 0 Å². The van der Waals surface area contributed by atoms with Gasteiger partial charge in [-0.1, -0.05) is 23.8 Å². The van der Waals surface area contributed by atoms with Crippen LogP contribution in [0.3, 0.4) is 0 Å². The van der Waals surface area contributed by atoms with E-state index < -0.39 is 17.8 Å². The molecule has 0 aliphatic rings. The molecule has 0 fully saturated rings. The highest BCUT2D eigenvalue weighted by molar-refractivity contribution is 5.94. The van der Waals surface area contributed by atoms with Crippen molar-refractivity contribution in [1.82, 2.24) is 5.32 Å². The van der Waals surface area contributed by atoms with E-state index in [-0.39, 0.29) is 12.1 Å². The van der Waals surface area contributed by atoms with Gasteiger partial charge in [0.1, 0.15) is 5.82 Å². The summed E-state index contributed by atoms with van der Waals surface area (Å²) in [6.45, 7) is 1.77. The van der Waals surface area contributed by atoms with Crippen molar-refractivity contribution in [2.75, 3.05) is 12.3 Å². The highest BCUT2D eigenvalue weighted by Gasteiger charge is 2.14. The van der Waals surface area contributed by atoms with Crippen LogP contribution >= 0.6 is 0 Å². The van der Waals surface area contributed by atoms with E-state index in [1.165, 1.54) is 12.1 Å². The number of rotatable bonds is 4. The molecule has 0 radical (unpaired) electrons. The molecule has 4 nitrogen and oxygen atoms in total. The Morgan fingerprint density at radius 3 is 2.62 bits per heavy atom. The summed E-state index contributed by atoms with van der Waals surface area (Å²) in [5, 5.41) is 12.5. The lowest BCUT2D eigenvalue weighted by atomic mass is 10.1. The number of aryl methyl sites for hydroxylation is 1. The largest absolute Gasteiger partial charge is 0.399 e. The van der Waals surface area contributed by atoms with Gasteiger partial charge in [-0.2, -0.15) is 0 Å². The lowest BCUT2D eigenvalue weighted by molar-refractivity contribution is 0.0912.